The third kappa shape index (κ3) is 142. The van der Waals surface area contributed by atoms with Gasteiger partial charge in [0, 0.05) is 6.61 Å². The maximum absolute atomic E-state index is 8.40. The number of aliphatic hydroxyl groups excluding tert-OH is 1. The fourth-order valence-electron chi connectivity index (χ4n) is 3.03. The maximum atomic E-state index is 8.40. The van der Waals surface area contributed by atoms with Gasteiger partial charge in [-0.1, -0.05) is 141 Å². The Balaban J connectivity index is -0.0000000642. The minimum absolute atomic E-state index is 0.0972. The van der Waals surface area contributed by atoms with Crippen molar-refractivity contribution in [1.29, 1.82) is 0 Å². The Morgan fingerprint density at radius 1 is 0.478 bits per heavy atom. The predicted molar refractivity (Wildman–Crippen MR) is 207 cm³/mol. The second-order valence-corrected chi connectivity index (χ2v) is 16.0. The minimum atomic E-state index is 0.0972. The third-order valence-corrected chi connectivity index (χ3v) is 5.50. The molecule has 0 saturated carbocycles. The van der Waals surface area contributed by atoms with Gasteiger partial charge in [0.15, 0.2) is 0 Å². The molecule has 0 bridgehead atoms. The molecule has 5 heteroatoms. The molecule has 284 valence electrons. The number of hydrogen-bond donors (Lipinski definition) is 3. The van der Waals surface area contributed by atoms with Gasteiger partial charge < -0.3 is 25.9 Å². The molecule has 0 radical (unpaired) electrons. The van der Waals surface area contributed by atoms with Crippen molar-refractivity contribution < 1.29 is 43.2 Å². The van der Waals surface area contributed by atoms with Crippen molar-refractivity contribution in [3.05, 3.63) is 59.9 Å². The van der Waals surface area contributed by atoms with Crippen LogP contribution in [0, 0.1) is 56.3 Å². The van der Waals surface area contributed by atoms with Crippen LogP contribution >= 0.6 is 0 Å². The van der Waals surface area contributed by atoms with Gasteiger partial charge in [-0.15, -0.1) is 0 Å². The second kappa shape index (κ2) is 49.2. The summed E-state index contributed by atoms with van der Waals surface area (Å²) in [4.78, 5) is 0. The Morgan fingerprint density at radius 2 is 0.630 bits per heavy atom. The number of allylic oxidation sites excluding steroid dienone is 2. The first-order chi connectivity index (χ1) is 21.1. The van der Waals surface area contributed by atoms with Gasteiger partial charge in [0.1, 0.15) is 0 Å². The predicted octanol–water partition coefficient (Wildman–Crippen LogP) is 14.4. The SMILES string of the molecule is C=C[CH2-].C=C[CH2-].CC(C)(C)CO.OO.[CH2-]CCCCCC(C)(C)C.[CH2-]CCCCCC(C)(C)C.[CH2-]CCCCCC(C)(C)C.[O]=[Zr]. The van der Waals surface area contributed by atoms with Crippen LogP contribution in [-0.2, 0) is 27.5 Å². The van der Waals surface area contributed by atoms with E-state index in [1.807, 2.05) is 20.8 Å². The monoisotopic (exact) mass is 734 g/mol. The van der Waals surface area contributed by atoms with Crippen LogP contribution in [0.3, 0.4) is 0 Å². The molecule has 0 spiro atoms. The number of aliphatic hydroxyl groups is 1. The van der Waals surface area contributed by atoms with E-state index in [0.717, 1.165) is 19.3 Å². The van der Waals surface area contributed by atoms with Crippen LogP contribution in [0.25, 0.3) is 0 Å². The molecule has 0 fully saturated rings. The molecular formula is C41H87O4Zr-5. The van der Waals surface area contributed by atoms with E-state index < -0.39 is 0 Å². The van der Waals surface area contributed by atoms with Crippen molar-refractivity contribution in [2.45, 2.75) is 179 Å². The summed E-state index contributed by atoms with van der Waals surface area (Å²) in [5, 5.41) is 20.4. The zero-order chi connectivity index (χ0) is 38.7. The van der Waals surface area contributed by atoms with E-state index in [4.69, 9.17) is 18.4 Å². The quantitative estimate of drug-likeness (QED) is 0.0807. The first-order valence-corrected chi connectivity index (χ1v) is 18.3. The van der Waals surface area contributed by atoms with Crippen molar-refractivity contribution in [1.82, 2.24) is 0 Å². The van der Waals surface area contributed by atoms with Gasteiger partial charge in [0.25, 0.3) is 0 Å². The van der Waals surface area contributed by atoms with Gasteiger partial charge in [0.05, 0.1) is 0 Å². The Hall–Kier alpha value is -0.217. The molecule has 4 nitrogen and oxygen atoms in total. The van der Waals surface area contributed by atoms with Crippen LogP contribution in [0.5, 0.6) is 0 Å². The topological polar surface area (TPSA) is 77.8 Å². The van der Waals surface area contributed by atoms with Crippen molar-refractivity contribution in [2.24, 2.45) is 21.7 Å². The summed E-state index contributed by atoms with van der Waals surface area (Å²) in [7, 11) is 0. The average molecular weight is 735 g/mol. The van der Waals surface area contributed by atoms with Crippen molar-refractivity contribution >= 4 is 0 Å². The molecule has 0 heterocycles. The molecule has 0 saturated heterocycles. The molecule has 0 atom stereocenters. The summed E-state index contributed by atoms with van der Waals surface area (Å²) in [6, 6.07) is 0. The van der Waals surface area contributed by atoms with Gasteiger partial charge in [-0.2, -0.15) is 19.3 Å². The molecule has 0 amide bonds. The van der Waals surface area contributed by atoms with Crippen LogP contribution in [-0.4, -0.2) is 22.2 Å². The molecule has 0 unspecified atom stereocenters. The van der Waals surface area contributed by atoms with E-state index in [2.05, 4.69) is 110 Å². The first kappa shape index (κ1) is 64.3. The standard InChI is InChI=1S/3C10H21.C5H12O.2C3H5.H2O2.O.Zr/c3*1-5-6-7-8-9-10(2,3)4;1-5(2,3)4-6;2*1-3-2;1-2;;/h3*1,5-9H2,2-4H3;6H,4H2,1-3H3;2*3H,1-2H2;1-2H;;/q3*-1;;2*-1;;;. The molecule has 0 rings (SSSR count). The van der Waals surface area contributed by atoms with Crippen LogP contribution in [0.15, 0.2) is 25.3 Å². The summed E-state index contributed by atoms with van der Waals surface area (Å²) >= 11 is 0.300. The molecule has 0 aromatic carbocycles. The molecule has 3 N–H and O–H groups in total. The normalized spacial score (nSPS) is 10.1. The van der Waals surface area contributed by atoms with Crippen molar-refractivity contribution in [3.63, 3.8) is 0 Å². The van der Waals surface area contributed by atoms with E-state index in [-0.39, 0.29) is 12.0 Å². The van der Waals surface area contributed by atoms with Crippen LogP contribution in [0.4, 0.5) is 0 Å². The summed E-state index contributed by atoms with van der Waals surface area (Å²) in [5.74, 6) is 0. The van der Waals surface area contributed by atoms with Crippen molar-refractivity contribution in [2.75, 3.05) is 6.61 Å². The average Bonchev–Trinajstić information content (AvgIpc) is 2.94. The van der Waals surface area contributed by atoms with E-state index in [1.54, 1.807) is 0 Å². The summed E-state index contributed by atoms with van der Waals surface area (Å²) in [6.07, 6.45) is 22.5. The van der Waals surface area contributed by atoms with E-state index >= 15 is 0 Å². The molecule has 0 aliphatic heterocycles. The zero-order valence-corrected chi connectivity index (χ0v) is 36.1. The third-order valence-electron chi connectivity index (χ3n) is 5.50. The Labute approximate surface area is 309 Å². The van der Waals surface area contributed by atoms with Gasteiger partial charge in [0.2, 0.25) is 0 Å². The number of hydrogen-bond acceptors (Lipinski definition) is 4. The van der Waals surface area contributed by atoms with E-state index in [1.165, 1.54) is 89.2 Å². The zero-order valence-electron chi connectivity index (χ0n) is 33.7. The van der Waals surface area contributed by atoms with Gasteiger partial charge in [-0.05, 0) is 40.9 Å². The van der Waals surface area contributed by atoms with Crippen LogP contribution < -0.4 is 0 Å². The first-order valence-electron chi connectivity index (χ1n) is 17.3. The molecule has 0 aromatic heterocycles. The van der Waals surface area contributed by atoms with Gasteiger partial charge in [-0.25, -0.2) is 39.2 Å². The molecular weight excluding hydrogens is 648 g/mol. The number of rotatable bonds is 12. The van der Waals surface area contributed by atoms with Crippen molar-refractivity contribution in [3.8, 4) is 0 Å². The van der Waals surface area contributed by atoms with Gasteiger partial charge in [-0.3, -0.25) is 10.5 Å². The molecule has 0 aromatic rings. The summed E-state index contributed by atoms with van der Waals surface area (Å²) in [5.41, 5.74) is 1.68. The Morgan fingerprint density at radius 3 is 0.717 bits per heavy atom. The molecule has 0 aliphatic rings. The fraction of sp³-hybridized carbons (Fsp3) is 0.780. The van der Waals surface area contributed by atoms with E-state index in [0.29, 0.717) is 41.0 Å². The Bertz CT molecular complexity index is 448. The Kier molecular flexibility index (Phi) is 68.8. The fourth-order valence-corrected chi connectivity index (χ4v) is 3.03. The molecule has 0 aliphatic carbocycles. The van der Waals surface area contributed by atoms with Crippen LogP contribution in [0.2, 0.25) is 0 Å². The van der Waals surface area contributed by atoms with Crippen LogP contribution in [0.1, 0.15) is 179 Å². The number of unbranched alkanes of at least 4 members (excludes halogenated alkanes) is 9. The van der Waals surface area contributed by atoms with E-state index in [9.17, 15) is 0 Å². The van der Waals surface area contributed by atoms with Gasteiger partial charge >= 0.3 is 27.5 Å². The molecule has 46 heavy (non-hydrogen) atoms. The summed E-state index contributed by atoms with van der Waals surface area (Å²) in [6.45, 7) is 51.4. The second-order valence-electron chi connectivity index (χ2n) is 16.0. The summed E-state index contributed by atoms with van der Waals surface area (Å²) < 4.78 is 8.34.